The van der Waals surface area contributed by atoms with Crippen molar-refractivity contribution in [3.8, 4) is 0 Å². The molecule has 7 nitrogen and oxygen atoms in total. The lowest BCUT2D eigenvalue weighted by molar-refractivity contribution is -0.115. The average Bonchev–Trinajstić information content (AvgIpc) is 2.60. The van der Waals surface area contributed by atoms with E-state index in [1.54, 1.807) is 57.2 Å². The molecule has 0 fully saturated rings. The molecular formula is C20H22IN3O4. The normalized spacial score (nSPS) is 10.7. The van der Waals surface area contributed by atoms with Crippen LogP contribution in [0.5, 0.6) is 0 Å². The van der Waals surface area contributed by atoms with Crippen molar-refractivity contribution in [2.45, 2.75) is 26.4 Å². The van der Waals surface area contributed by atoms with E-state index in [0.29, 0.717) is 16.9 Å². The Labute approximate surface area is 177 Å². The Bertz CT molecular complexity index is 878. The van der Waals surface area contributed by atoms with Crippen LogP contribution in [0, 0.1) is 3.57 Å². The molecule has 0 aliphatic heterocycles. The number of hydrogen-bond donors (Lipinski definition) is 3. The third-order valence-corrected chi connectivity index (χ3v) is 4.30. The predicted octanol–water partition coefficient (Wildman–Crippen LogP) is 4.01. The summed E-state index contributed by atoms with van der Waals surface area (Å²) in [5, 5.41) is 7.86. The fourth-order valence-corrected chi connectivity index (χ4v) is 2.83. The molecule has 2 aromatic carbocycles. The third kappa shape index (κ3) is 6.84. The quantitative estimate of drug-likeness (QED) is 0.547. The van der Waals surface area contributed by atoms with Crippen molar-refractivity contribution in [1.82, 2.24) is 5.32 Å². The van der Waals surface area contributed by atoms with E-state index in [2.05, 4.69) is 38.5 Å². The predicted molar refractivity (Wildman–Crippen MR) is 116 cm³/mol. The Morgan fingerprint density at radius 2 is 1.50 bits per heavy atom. The molecular weight excluding hydrogens is 473 g/mol. The van der Waals surface area contributed by atoms with Crippen molar-refractivity contribution < 1.29 is 19.1 Å². The number of ether oxygens (including phenoxy) is 1. The van der Waals surface area contributed by atoms with Crippen LogP contribution in [0.3, 0.4) is 0 Å². The highest BCUT2D eigenvalue weighted by Gasteiger charge is 2.17. The standard InChI is InChI=1S/C20H22IN3O4/c1-20(2,3)28-19(27)22-12-17(25)23-15-10-6-7-11-16(15)24-18(26)13-8-4-5-9-14(13)21/h4-11H,12H2,1-3H3,(H,22,27)(H,23,25)(H,24,26). The molecule has 8 heteroatoms. The second kappa shape index (κ2) is 9.54. The molecule has 28 heavy (non-hydrogen) atoms. The summed E-state index contributed by atoms with van der Waals surface area (Å²) in [7, 11) is 0. The molecule has 0 saturated heterocycles. The summed E-state index contributed by atoms with van der Waals surface area (Å²) in [6.45, 7) is 4.95. The molecule has 0 bridgehead atoms. The van der Waals surface area contributed by atoms with Crippen LogP contribution in [-0.4, -0.2) is 30.1 Å². The molecule has 0 aromatic heterocycles. The van der Waals surface area contributed by atoms with Crippen molar-refractivity contribution in [3.63, 3.8) is 0 Å². The molecule has 0 heterocycles. The maximum Gasteiger partial charge on any atom is 0.408 e. The molecule has 0 radical (unpaired) electrons. The van der Waals surface area contributed by atoms with Gasteiger partial charge in [0.05, 0.1) is 16.9 Å². The van der Waals surface area contributed by atoms with Gasteiger partial charge in [-0.05, 0) is 67.6 Å². The van der Waals surface area contributed by atoms with E-state index >= 15 is 0 Å². The number of nitrogens with one attached hydrogen (secondary N) is 3. The van der Waals surface area contributed by atoms with Crippen molar-refractivity contribution in [3.05, 3.63) is 57.7 Å². The van der Waals surface area contributed by atoms with Crippen LogP contribution in [0.15, 0.2) is 48.5 Å². The average molecular weight is 495 g/mol. The van der Waals surface area contributed by atoms with Crippen LogP contribution in [0.1, 0.15) is 31.1 Å². The zero-order valence-electron chi connectivity index (χ0n) is 15.8. The Hall–Kier alpha value is -2.62. The summed E-state index contributed by atoms with van der Waals surface area (Å²) in [5.41, 5.74) is 0.776. The van der Waals surface area contributed by atoms with Crippen LogP contribution in [0.25, 0.3) is 0 Å². The van der Waals surface area contributed by atoms with E-state index < -0.39 is 17.6 Å². The molecule has 0 aliphatic rings. The summed E-state index contributed by atoms with van der Waals surface area (Å²) in [6.07, 6.45) is -0.678. The molecule has 0 aliphatic carbocycles. The molecule has 2 aromatic rings. The lowest BCUT2D eigenvalue weighted by Gasteiger charge is -2.19. The zero-order chi connectivity index (χ0) is 20.7. The number of para-hydroxylation sites is 2. The first-order chi connectivity index (χ1) is 13.2. The van der Waals surface area contributed by atoms with Gasteiger partial charge in [0.25, 0.3) is 5.91 Å². The molecule has 0 saturated carbocycles. The second-order valence-corrected chi connectivity index (χ2v) is 8.05. The summed E-state index contributed by atoms with van der Waals surface area (Å²) < 4.78 is 5.91. The Morgan fingerprint density at radius 3 is 2.11 bits per heavy atom. The number of benzene rings is 2. The smallest absolute Gasteiger partial charge is 0.408 e. The van der Waals surface area contributed by atoms with E-state index in [1.807, 2.05) is 12.1 Å². The summed E-state index contributed by atoms with van der Waals surface area (Å²) in [6, 6.07) is 14.0. The van der Waals surface area contributed by atoms with Gasteiger partial charge in [0.1, 0.15) is 12.1 Å². The van der Waals surface area contributed by atoms with Gasteiger partial charge in [0.15, 0.2) is 0 Å². The molecule has 148 valence electrons. The minimum absolute atomic E-state index is 0.256. The number of halogens is 1. The van der Waals surface area contributed by atoms with Gasteiger partial charge in [0.2, 0.25) is 5.91 Å². The number of anilines is 2. The Balaban J connectivity index is 2.00. The first-order valence-electron chi connectivity index (χ1n) is 8.57. The number of carbonyl (C=O) groups is 3. The van der Waals surface area contributed by atoms with E-state index in [9.17, 15) is 14.4 Å². The SMILES string of the molecule is CC(C)(C)OC(=O)NCC(=O)Nc1ccccc1NC(=O)c1ccccc1I. The van der Waals surface area contributed by atoms with E-state index in [-0.39, 0.29) is 12.5 Å². The summed E-state index contributed by atoms with van der Waals surface area (Å²) >= 11 is 2.09. The summed E-state index contributed by atoms with van der Waals surface area (Å²) in [5.74, 6) is -0.722. The number of amides is 3. The number of carbonyl (C=O) groups excluding carboxylic acids is 3. The first-order valence-corrected chi connectivity index (χ1v) is 9.65. The highest BCUT2D eigenvalue weighted by molar-refractivity contribution is 14.1. The molecule has 0 atom stereocenters. The molecule has 3 amide bonds. The van der Waals surface area contributed by atoms with Gasteiger partial charge in [0, 0.05) is 3.57 Å². The molecule has 3 N–H and O–H groups in total. The first kappa shape index (κ1) is 21.7. The largest absolute Gasteiger partial charge is 0.444 e. The highest BCUT2D eigenvalue weighted by atomic mass is 127. The molecule has 0 spiro atoms. The van der Waals surface area contributed by atoms with Gasteiger partial charge in [-0.1, -0.05) is 24.3 Å². The topological polar surface area (TPSA) is 96.5 Å². The van der Waals surface area contributed by atoms with Gasteiger partial charge < -0.3 is 20.7 Å². The number of rotatable bonds is 5. The van der Waals surface area contributed by atoms with E-state index in [4.69, 9.17) is 4.74 Å². The van der Waals surface area contributed by atoms with E-state index in [1.165, 1.54) is 0 Å². The minimum atomic E-state index is -0.678. The van der Waals surface area contributed by atoms with Crippen molar-refractivity contribution in [1.29, 1.82) is 0 Å². The van der Waals surface area contributed by atoms with Gasteiger partial charge >= 0.3 is 6.09 Å². The lowest BCUT2D eigenvalue weighted by Crippen LogP contribution is -2.37. The Kier molecular flexibility index (Phi) is 7.38. The monoisotopic (exact) mass is 495 g/mol. The van der Waals surface area contributed by atoms with Crippen molar-refractivity contribution >= 4 is 51.9 Å². The van der Waals surface area contributed by atoms with Gasteiger partial charge in [-0.15, -0.1) is 0 Å². The van der Waals surface area contributed by atoms with Crippen molar-refractivity contribution in [2.24, 2.45) is 0 Å². The second-order valence-electron chi connectivity index (χ2n) is 6.88. The highest BCUT2D eigenvalue weighted by Crippen LogP contribution is 2.22. The van der Waals surface area contributed by atoms with Crippen LogP contribution in [-0.2, 0) is 9.53 Å². The maximum atomic E-state index is 12.5. The Morgan fingerprint density at radius 1 is 0.929 bits per heavy atom. The minimum Gasteiger partial charge on any atom is -0.444 e. The third-order valence-electron chi connectivity index (χ3n) is 3.36. The van der Waals surface area contributed by atoms with Crippen molar-refractivity contribution in [2.75, 3.05) is 17.2 Å². The molecule has 2 rings (SSSR count). The summed E-state index contributed by atoms with van der Waals surface area (Å²) in [4.78, 5) is 36.3. The van der Waals surface area contributed by atoms with Crippen LogP contribution in [0.2, 0.25) is 0 Å². The van der Waals surface area contributed by atoms with Gasteiger partial charge in [-0.2, -0.15) is 0 Å². The fraction of sp³-hybridized carbons (Fsp3) is 0.250. The number of alkyl carbamates (subject to hydrolysis) is 1. The van der Waals surface area contributed by atoms with Gasteiger partial charge in [-0.3, -0.25) is 9.59 Å². The fourth-order valence-electron chi connectivity index (χ4n) is 2.20. The van der Waals surface area contributed by atoms with E-state index in [0.717, 1.165) is 3.57 Å². The van der Waals surface area contributed by atoms with Crippen LogP contribution >= 0.6 is 22.6 Å². The van der Waals surface area contributed by atoms with Gasteiger partial charge in [-0.25, -0.2) is 4.79 Å². The van der Waals surface area contributed by atoms with Crippen LogP contribution < -0.4 is 16.0 Å². The zero-order valence-corrected chi connectivity index (χ0v) is 18.0. The lowest BCUT2D eigenvalue weighted by atomic mass is 10.2. The number of hydrogen-bond acceptors (Lipinski definition) is 4. The molecule has 0 unspecified atom stereocenters. The maximum absolute atomic E-state index is 12.5. The van der Waals surface area contributed by atoms with Crippen LogP contribution in [0.4, 0.5) is 16.2 Å².